The van der Waals surface area contributed by atoms with Crippen molar-refractivity contribution >= 4 is 35.0 Å². The van der Waals surface area contributed by atoms with E-state index in [1.807, 2.05) is 31.2 Å². The second kappa shape index (κ2) is 9.76. The largest absolute Gasteiger partial charge is 0.411 e. The number of aryl methyl sites for hydroxylation is 2. The second-order valence-corrected chi connectivity index (χ2v) is 8.06. The van der Waals surface area contributed by atoms with Gasteiger partial charge in [-0.15, -0.1) is 10.2 Å². The molecule has 4 rings (SSSR count). The Hall–Kier alpha value is -3.17. The van der Waals surface area contributed by atoms with E-state index in [9.17, 15) is 4.79 Å². The highest BCUT2D eigenvalue weighted by Gasteiger charge is 2.13. The maximum Gasteiger partial charge on any atom is 0.277 e. The molecule has 0 spiro atoms. The molecule has 0 saturated carbocycles. The number of halogens is 1. The van der Waals surface area contributed by atoms with Gasteiger partial charge in [0, 0.05) is 29.1 Å². The first kappa shape index (κ1) is 21.1. The van der Waals surface area contributed by atoms with E-state index in [1.54, 1.807) is 24.3 Å². The number of nitrogens with zero attached hydrogens (tertiary/aromatic N) is 4. The number of amides is 1. The normalized spacial score (nSPS) is 10.9. The van der Waals surface area contributed by atoms with Gasteiger partial charge in [-0.05, 0) is 37.3 Å². The van der Waals surface area contributed by atoms with Crippen LogP contribution >= 0.6 is 23.4 Å². The van der Waals surface area contributed by atoms with Gasteiger partial charge in [0.05, 0.1) is 5.75 Å². The van der Waals surface area contributed by atoms with Crippen LogP contribution < -0.4 is 5.32 Å². The summed E-state index contributed by atoms with van der Waals surface area (Å²) in [4.78, 5) is 16.4. The summed E-state index contributed by atoms with van der Waals surface area (Å²) in [5.41, 5.74) is 2.63. The van der Waals surface area contributed by atoms with Crippen LogP contribution in [-0.4, -0.2) is 26.2 Å². The van der Waals surface area contributed by atoms with Crippen molar-refractivity contribution < 1.29 is 13.7 Å². The lowest BCUT2D eigenvalue weighted by atomic mass is 10.1. The van der Waals surface area contributed by atoms with Gasteiger partial charge in [0.25, 0.3) is 5.22 Å². The Kier molecular flexibility index (Phi) is 6.63. The Balaban J connectivity index is 1.26. The molecule has 8 nitrogen and oxygen atoms in total. The fourth-order valence-electron chi connectivity index (χ4n) is 2.75. The fourth-order valence-corrected chi connectivity index (χ4v) is 3.55. The number of hydrogen-bond acceptors (Lipinski definition) is 8. The van der Waals surface area contributed by atoms with Crippen molar-refractivity contribution in [3.05, 3.63) is 70.8 Å². The molecule has 2 heterocycles. The van der Waals surface area contributed by atoms with Crippen LogP contribution in [0.3, 0.4) is 0 Å². The maximum atomic E-state index is 12.1. The molecule has 158 valence electrons. The van der Waals surface area contributed by atoms with Crippen LogP contribution in [0.15, 0.2) is 62.7 Å². The van der Waals surface area contributed by atoms with Crippen LogP contribution in [0.4, 0.5) is 5.69 Å². The van der Waals surface area contributed by atoms with Crippen LogP contribution in [0.25, 0.3) is 11.5 Å². The van der Waals surface area contributed by atoms with Gasteiger partial charge in [-0.2, -0.15) is 4.98 Å². The van der Waals surface area contributed by atoms with Crippen molar-refractivity contribution in [2.45, 2.75) is 30.7 Å². The zero-order valence-corrected chi connectivity index (χ0v) is 18.1. The number of carbonyl (C=O) groups is 1. The Morgan fingerprint density at radius 1 is 1.16 bits per heavy atom. The highest BCUT2D eigenvalue weighted by Crippen LogP contribution is 2.25. The van der Waals surface area contributed by atoms with Gasteiger partial charge < -0.3 is 14.3 Å². The average Bonchev–Trinajstić information content (AvgIpc) is 3.40. The van der Waals surface area contributed by atoms with Gasteiger partial charge in [0.15, 0.2) is 5.82 Å². The van der Waals surface area contributed by atoms with Crippen LogP contribution in [-0.2, 0) is 17.0 Å². The molecule has 1 amide bonds. The summed E-state index contributed by atoms with van der Waals surface area (Å²) < 4.78 is 10.9. The Morgan fingerprint density at radius 2 is 2.03 bits per heavy atom. The second-order valence-electron chi connectivity index (χ2n) is 6.69. The van der Waals surface area contributed by atoms with Crippen molar-refractivity contribution in [1.29, 1.82) is 0 Å². The van der Waals surface area contributed by atoms with Crippen LogP contribution in [0.2, 0.25) is 5.02 Å². The Morgan fingerprint density at radius 3 is 2.87 bits per heavy atom. The van der Waals surface area contributed by atoms with Crippen molar-refractivity contribution in [2.75, 3.05) is 5.32 Å². The minimum Gasteiger partial charge on any atom is -0.411 e. The molecule has 0 aliphatic rings. The molecule has 0 aliphatic heterocycles. The molecule has 10 heteroatoms. The molecule has 2 aromatic heterocycles. The zero-order chi connectivity index (χ0) is 21.6. The quantitative estimate of drug-likeness (QED) is 0.372. The van der Waals surface area contributed by atoms with E-state index in [0.29, 0.717) is 45.7 Å². The summed E-state index contributed by atoms with van der Waals surface area (Å²) >= 11 is 7.23. The van der Waals surface area contributed by atoms with E-state index in [4.69, 9.17) is 20.5 Å². The predicted molar refractivity (Wildman–Crippen MR) is 117 cm³/mol. The number of benzene rings is 2. The molecule has 0 aliphatic carbocycles. The SMILES string of the molecule is Cc1cccc(-c2nnc(SCc3noc(CCC(=O)Nc4cccc(Cl)c4)n3)o2)c1. The Labute approximate surface area is 187 Å². The Bertz CT molecular complexity index is 1190. The summed E-state index contributed by atoms with van der Waals surface area (Å²) in [7, 11) is 0. The van der Waals surface area contributed by atoms with Gasteiger partial charge in [-0.25, -0.2) is 0 Å². The third-order valence-corrected chi connectivity index (χ3v) is 5.23. The molecule has 0 atom stereocenters. The van der Waals surface area contributed by atoms with E-state index in [0.717, 1.165) is 11.1 Å². The first-order chi connectivity index (χ1) is 15.0. The van der Waals surface area contributed by atoms with E-state index < -0.39 is 0 Å². The number of hydrogen-bond donors (Lipinski definition) is 1. The average molecular weight is 456 g/mol. The predicted octanol–water partition coefficient (Wildman–Crippen LogP) is 4.95. The van der Waals surface area contributed by atoms with Gasteiger partial charge >= 0.3 is 0 Å². The highest BCUT2D eigenvalue weighted by atomic mass is 35.5. The summed E-state index contributed by atoms with van der Waals surface area (Å²) in [6, 6.07) is 14.8. The van der Waals surface area contributed by atoms with E-state index in [2.05, 4.69) is 25.7 Å². The molecule has 0 bridgehead atoms. The molecule has 31 heavy (non-hydrogen) atoms. The molecule has 1 N–H and O–H groups in total. The van der Waals surface area contributed by atoms with Gasteiger partial charge in [-0.3, -0.25) is 4.79 Å². The molecule has 4 aromatic rings. The first-order valence-electron chi connectivity index (χ1n) is 9.45. The number of aromatic nitrogens is 4. The molecule has 0 saturated heterocycles. The smallest absolute Gasteiger partial charge is 0.277 e. The van der Waals surface area contributed by atoms with Crippen molar-refractivity contribution in [3.8, 4) is 11.5 Å². The summed E-state index contributed by atoms with van der Waals surface area (Å²) in [6.07, 6.45) is 0.549. The summed E-state index contributed by atoms with van der Waals surface area (Å²) in [5.74, 6) is 1.60. The highest BCUT2D eigenvalue weighted by molar-refractivity contribution is 7.98. The first-order valence-corrected chi connectivity index (χ1v) is 10.8. The van der Waals surface area contributed by atoms with Crippen molar-refractivity contribution in [1.82, 2.24) is 20.3 Å². The molecule has 0 fully saturated rings. The lowest BCUT2D eigenvalue weighted by Crippen LogP contribution is -2.12. The van der Waals surface area contributed by atoms with Gasteiger partial charge in [0.1, 0.15) is 0 Å². The minimum atomic E-state index is -0.161. The standard InChI is InChI=1S/C21H18ClN5O3S/c1-13-4-2-5-14(10-13)20-25-26-21(29-20)31-12-17-24-19(30-27-17)9-8-18(28)23-16-7-3-6-15(22)11-16/h2-7,10-11H,8-9,12H2,1H3,(H,23,28). The van der Waals surface area contributed by atoms with Gasteiger partial charge in [-0.1, -0.05) is 52.3 Å². The molecule has 0 radical (unpaired) electrons. The van der Waals surface area contributed by atoms with Crippen LogP contribution in [0, 0.1) is 6.92 Å². The van der Waals surface area contributed by atoms with E-state index in [1.165, 1.54) is 11.8 Å². The third-order valence-electron chi connectivity index (χ3n) is 4.18. The molecule has 0 unspecified atom stereocenters. The van der Waals surface area contributed by atoms with Crippen molar-refractivity contribution in [2.24, 2.45) is 0 Å². The number of carbonyl (C=O) groups excluding carboxylic acids is 1. The lowest BCUT2D eigenvalue weighted by molar-refractivity contribution is -0.116. The number of nitrogens with one attached hydrogen (secondary N) is 1. The lowest BCUT2D eigenvalue weighted by Gasteiger charge is -2.04. The fraction of sp³-hybridized carbons (Fsp3) is 0.190. The number of anilines is 1. The topological polar surface area (TPSA) is 107 Å². The molecular weight excluding hydrogens is 438 g/mol. The van der Waals surface area contributed by atoms with E-state index in [-0.39, 0.29) is 12.3 Å². The summed E-state index contributed by atoms with van der Waals surface area (Å²) in [5, 5.41) is 15.8. The van der Waals surface area contributed by atoms with E-state index >= 15 is 0 Å². The summed E-state index contributed by atoms with van der Waals surface area (Å²) in [6.45, 7) is 2.00. The third kappa shape index (κ3) is 5.93. The van der Waals surface area contributed by atoms with Crippen molar-refractivity contribution in [3.63, 3.8) is 0 Å². The van der Waals surface area contributed by atoms with Crippen LogP contribution in [0.5, 0.6) is 0 Å². The zero-order valence-electron chi connectivity index (χ0n) is 16.5. The maximum absolute atomic E-state index is 12.1. The number of thioether (sulfide) groups is 1. The molecular formula is C21H18ClN5O3S. The number of rotatable bonds is 8. The monoisotopic (exact) mass is 455 g/mol. The van der Waals surface area contributed by atoms with Crippen LogP contribution in [0.1, 0.15) is 23.7 Å². The molecule has 2 aromatic carbocycles. The minimum absolute atomic E-state index is 0.161. The van der Waals surface area contributed by atoms with Gasteiger partial charge in [0.2, 0.25) is 17.7 Å².